The third-order valence-corrected chi connectivity index (χ3v) is 14.5. The average Bonchev–Trinajstić information content (AvgIpc) is 4.05. The maximum atomic E-state index is 2.54. The summed E-state index contributed by atoms with van der Waals surface area (Å²) in [6, 6.07) is 64.7. The van der Waals surface area contributed by atoms with E-state index in [1.165, 1.54) is 146 Å². The van der Waals surface area contributed by atoms with Gasteiger partial charge in [-0.3, -0.25) is 0 Å². The Morgan fingerprint density at radius 1 is 0.356 bits per heavy atom. The highest BCUT2D eigenvalue weighted by Crippen LogP contribution is 2.60. The first-order valence-corrected chi connectivity index (χ1v) is 21.3. The van der Waals surface area contributed by atoms with Crippen LogP contribution in [-0.4, -0.2) is 9.13 Å². The van der Waals surface area contributed by atoms with Crippen LogP contribution in [0.1, 0.15) is 36.8 Å². The molecule has 13 rings (SSSR count). The molecule has 9 aromatic carbocycles. The number of aryl methyl sites for hydroxylation is 2. The van der Waals surface area contributed by atoms with Crippen LogP contribution >= 0.6 is 0 Å². The molecule has 2 nitrogen and oxygen atoms in total. The lowest BCUT2D eigenvalue weighted by Crippen LogP contribution is -2.21. The van der Waals surface area contributed by atoms with Crippen molar-refractivity contribution in [2.45, 2.75) is 31.1 Å². The van der Waals surface area contributed by atoms with E-state index in [1.807, 2.05) is 0 Å². The van der Waals surface area contributed by atoms with Crippen LogP contribution in [0.3, 0.4) is 0 Å². The van der Waals surface area contributed by atoms with Crippen LogP contribution in [0.25, 0.3) is 110 Å². The zero-order valence-electron chi connectivity index (χ0n) is 33.4. The minimum absolute atomic E-state index is 0.0231. The van der Waals surface area contributed by atoms with Crippen LogP contribution in [0.4, 0.5) is 0 Å². The number of fused-ring (bicyclic) bond motifs is 13. The summed E-state index contributed by atoms with van der Waals surface area (Å²) in [6.45, 7) is 0. The van der Waals surface area contributed by atoms with Gasteiger partial charge in [0.05, 0.1) is 0 Å². The lowest BCUT2D eigenvalue weighted by molar-refractivity contribution is 0.551. The Morgan fingerprint density at radius 2 is 0.780 bits per heavy atom. The first kappa shape index (κ1) is 33.1. The Labute approximate surface area is 343 Å². The monoisotopic (exact) mass is 754 g/mol. The molecule has 1 saturated carbocycles. The van der Waals surface area contributed by atoms with E-state index in [4.69, 9.17) is 0 Å². The Bertz CT molecular complexity index is 3410. The number of hydrogen-bond donors (Lipinski definition) is 0. The van der Waals surface area contributed by atoms with E-state index in [9.17, 15) is 0 Å². The lowest BCUT2D eigenvalue weighted by atomic mass is 9.73. The zero-order chi connectivity index (χ0) is 39.0. The van der Waals surface area contributed by atoms with Crippen molar-refractivity contribution in [3.63, 3.8) is 0 Å². The highest BCUT2D eigenvalue weighted by molar-refractivity contribution is 6.24. The smallest absolute Gasteiger partial charge is 0.0495 e. The Kier molecular flexibility index (Phi) is 6.77. The molecule has 0 unspecified atom stereocenters. The maximum absolute atomic E-state index is 2.54. The summed E-state index contributed by atoms with van der Waals surface area (Å²) in [7, 11) is 4.41. The molecular formula is C57H42N2. The molecule has 2 aliphatic carbocycles. The van der Waals surface area contributed by atoms with Crippen LogP contribution in [-0.2, 0) is 19.5 Å². The third-order valence-electron chi connectivity index (χ3n) is 14.5. The second-order valence-corrected chi connectivity index (χ2v) is 17.2. The summed E-state index contributed by atoms with van der Waals surface area (Å²) in [6.07, 6.45) is 4.91. The standard InChI is InChI=1S/C57H42N2/c1-58-49-28-7-4-17-43(49)54-38(23-14-30-51(54)58)35-19-11-21-40-46(35)34-47-36(39-24-15-31-52-55(39)44-18-5-8-29-50(44)59(52)2)20-12-22-41(47)53(40)45-26-13-25-42-37-16-3-6-27-48(37)57(56(42)45)32-9-10-33-57/h3-8,11-31,34H,9-10,32-33H2,1-2H3. The fourth-order valence-corrected chi connectivity index (χ4v) is 12.1. The molecule has 2 aliphatic rings. The van der Waals surface area contributed by atoms with Crippen molar-refractivity contribution in [2.75, 3.05) is 0 Å². The largest absolute Gasteiger partial charge is 0.344 e. The number of rotatable bonds is 3. The van der Waals surface area contributed by atoms with Gasteiger partial charge in [-0.1, -0.05) is 152 Å². The summed E-state index contributed by atoms with van der Waals surface area (Å²) >= 11 is 0. The van der Waals surface area contributed by atoms with Crippen LogP contribution in [0, 0.1) is 0 Å². The molecule has 1 spiro atoms. The van der Waals surface area contributed by atoms with Crippen molar-refractivity contribution >= 4 is 65.2 Å². The average molecular weight is 755 g/mol. The lowest BCUT2D eigenvalue weighted by Gasteiger charge is -2.30. The van der Waals surface area contributed by atoms with E-state index in [0.29, 0.717) is 0 Å². The van der Waals surface area contributed by atoms with E-state index in [-0.39, 0.29) is 5.41 Å². The third kappa shape index (κ3) is 4.31. The van der Waals surface area contributed by atoms with Gasteiger partial charge >= 0.3 is 0 Å². The zero-order valence-corrected chi connectivity index (χ0v) is 33.4. The molecule has 0 bridgehead atoms. The highest BCUT2D eigenvalue weighted by Gasteiger charge is 2.46. The normalized spacial score (nSPS) is 14.5. The maximum Gasteiger partial charge on any atom is 0.0495 e. The van der Waals surface area contributed by atoms with Crippen molar-refractivity contribution in [3.8, 4) is 44.5 Å². The quantitative estimate of drug-likeness (QED) is 0.159. The van der Waals surface area contributed by atoms with Crippen molar-refractivity contribution in [2.24, 2.45) is 14.1 Å². The van der Waals surface area contributed by atoms with Gasteiger partial charge in [0.25, 0.3) is 0 Å². The molecule has 280 valence electrons. The topological polar surface area (TPSA) is 9.86 Å². The number of hydrogen-bond acceptors (Lipinski definition) is 0. The fraction of sp³-hybridized carbons (Fsp3) is 0.123. The molecule has 2 heterocycles. The van der Waals surface area contributed by atoms with Crippen LogP contribution in [0.2, 0.25) is 0 Å². The van der Waals surface area contributed by atoms with Gasteiger partial charge < -0.3 is 9.13 Å². The number of aromatic nitrogens is 2. The van der Waals surface area contributed by atoms with Gasteiger partial charge in [-0.2, -0.15) is 0 Å². The molecule has 2 aromatic heterocycles. The van der Waals surface area contributed by atoms with E-state index < -0.39 is 0 Å². The summed E-state index contributed by atoms with van der Waals surface area (Å²) in [5, 5.41) is 10.4. The molecular weight excluding hydrogens is 713 g/mol. The van der Waals surface area contributed by atoms with Crippen LogP contribution < -0.4 is 0 Å². The predicted octanol–water partition coefficient (Wildman–Crippen LogP) is 15.1. The van der Waals surface area contributed by atoms with Crippen molar-refractivity contribution < 1.29 is 0 Å². The Balaban J connectivity index is 1.20. The molecule has 1 fully saturated rings. The first-order valence-electron chi connectivity index (χ1n) is 21.3. The molecule has 11 aromatic rings. The first-order chi connectivity index (χ1) is 29.1. The molecule has 0 aliphatic heterocycles. The van der Waals surface area contributed by atoms with Crippen LogP contribution in [0.15, 0.2) is 170 Å². The van der Waals surface area contributed by atoms with Gasteiger partial charge in [0, 0.05) is 63.1 Å². The van der Waals surface area contributed by atoms with Crippen molar-refractivity contribution in [1.29, 1.82) is 0 Å². The molecule has 0 atom stereocenters. The molecule has 59 heavy (non-hydrogen) atoms. The summed E-state index contributed by atoms with van der Waals surface area (Å²) in [5.41, 5.74) is 18.8. The van der Waals surface area contributed by atoms with E-state index in [2.05, 4.69) is 193 Å². The van der Waals surface area contributed by atoms with E-state index in [0.717, 1.165) is 0 Å². The fourth-order valence-electron chi connectivity index (χ4n) is 12.1. The van der Waals surface area contributed by atoms with Gasteiger partial charge in [-0.15, -0.1) is 0 Å². The number of nitrogens with zero attached hydrogens (tertiary/aromatic N) is 2. The SMILES string of the molecule is Cn1c2ccccc2c2c(-c3cccc4c(-c5cccc6c5C5(CCCC5)c5ccccc5-6)c5cccc(-c6cccc7c6c6ccccc6n7C)c5cc34)cccc21. The summed E-state index contributed by atoms with van der Waals surface area (Å²) in [5.74, 6) is 0. The second kappa shape index (κ2) is 12.1. The highest BCUT2D eigenvalue weighted by atomic mass is 14.9. The van der Waals surface area contributed by atoms with Gasteiger partial charge in [-0.25, -0.2) is 0 Å². The van der Waals surface area contributed by atoms with Gasteiger partial charge in [0.2, 0.25) is 0 Å². The van der Waals surface area contributed by atoms with Gasteiger partial charge in [-0.05, 0) is 120 Å². The number of para-hydroxylation sites is 2. The molecule has 2 heteroatoms. The minimum Gasteiger partial charge on any atom is -0.344 e. The van der Waals surface area contributed by atoms with Crippen molar-refractivity contribution in [1.82, 2.24) is 9.13 Å². The van der Waals surface area contributed by atoms with E-state index in [1.54, 1.807) is 0 Å². The Hall–Kier alpha value is -6.90. The summed E-state index contributed by atoms with van der Waals surface area (Å²) in [4.78, 5) is 0. The number of benzene rings is 9. The van der Waals surface area contributed by atoms with Gasteiger partial charge in [0.1, 0.15) is 0 Å². The van der Waals surface area contributed by atoms with Crippen molar-refractivity contribution in [3.05, 3.63) is 181 Å². The molecule has 0 radical (unpaired) electrons. The minimum atomic E-state index is 0.0231. The second-order valence-electron chi connectivity index (χ2n) is 17.2. The molecule has 0 N–H and O–H groups in total. The molecule has 0 saturated heterocycles. The molecule has 0 amide bonds. The van der Waals surface area contributed by atoms with E-state index >= 15 is 0 Å². The summed E-state index contributed by atoms with van der Waals surface area (Å²) < 4.78 is 4.71. The Morgan fingerprint density at radius 3 is 1.39 bits per heavy atom. The predicted molar refractivity (Wildman–Crippen MR) is 250 cm³/mol. The van der Waals surface area contributed by atoms with Gasteiger partial charge in [0.15, 0.2) is 0 Å². The van der Waals surface area contributed by atoms with Crippen LogP contribution in [0.5, 0.6) is 0 Å².